The third-order valence-electron chi connectivity index (χ3n) is 3.95. The Balaban J connectivity index is 2.24. The molecule has 2 fully saturated rings. The average molecular weight is 194 g/mol. The summed E-state index contributed by atoms with van der Waals surface area (Å²) in [5.74, 6) is 0.622. The van der Waals surface area contributed by atoms with Crippen molar-refractivity contribution in [3.05, 3.63) is 12.7 Å². The van der Waals surface area contributed by atoms with Crippen molar-refractivity contribution in [2.45, 2.75) is 44.1 Å². The molecule has 0 heterocycles. The first kappa shape index (κ1) is 9.91. The van der Waals surface area contributed by atoms with Crippen molar-refractivity contribution in [3.63, 3.8) is 0 Å². The Kier molecular flexibility index (Phi) is 2.48. The van der Waals surface area contributed by atoms with E-state index in [1.807, 2.05) is 0 Å². The summed E-state index contributed by atoms with van der Waals surface area (Å²) in [5.41, 5.74) is -0.765. The Hall–Kier alpha value is -0.630. The summed E-state index contributed by atoms with van der Waals surface area (Å²) >= 11 is 0. The van der Waals surface area contributed by atoms with Crippen LogP contribution in [0.5, 0.6) is 0 Å². The number of carbonyl (C=O) groups excluding carboxylic acids is 1. The zero-order valence-electron chi connectivity index (χ0n) is 8.54. The Morgan fingerprint density at radius 3 is 2.86 bits per heavy atom. The highest BCUT2D eigenvalue weighted by Crippen LogP contribution is 2.44. The van der Waals surface area contributed by atoms with Crippen molar-refractivity contribution < 1.29 is 9.90 Å². The van der Waals surface area contributed by atoms with Gasteiger partial charge in [-0.05, 0) is 19.3 Å². The molecule has 2 saturated carbocycles. The maximum absolute atomic E-state index is 11.7. The predicted molar refractivity (Wildman–Crippen MR) is 54.8 cm³/mol. The molecule has 0 saturated heterocycles. The molecule has 14 heavy (non-hydrogen) atoms. The van der Waals surface area contributed by atoms with Crippen molar-refractivity contribution in [3.8, 4) is 0 Å². The number of carbonyl (C=O) groups is 1. The smallest absolute Gasteiger partial charge is 0.136 e. The highest BCUT2D eigenvalue weighted by Gasteiger charge is 2.46. The second kappa shape index (κ2) is 3.50. The number of aliphatic hydroxyl groups is 1. The molecule has 0 aromatic rings. The van der Waals surface area contributed by atoms with Crippen molar-refractivity contribution in [2.75, 3.05) is 0 Å². The van der Waals surface area contributed by atoms with Gasteiger partial charge in [0.25, 0.3) is 0 Å². The fourth-order valence-corrected chi connectivity index (χ4v) is 3.06. The van der Waals surface area contributed by atoms with E-state index in [1.165, 1.54) is 0 Å². The van der Waals surface area contributed by atoms with Crippen LogP contribution in [0.2, 0.25) is 0 Å². The van der Waals surface area contributed by atoms with Gasteiger partial charge in [0, 0.05) is 18.3 Å². The Morgan fingerprint density at radius 1 is 1.43 bits per heavy atom. The third kappa shape index (κ3) is 1.42. The first-order valence-electron chi connectivity index (χ1n) is 5.56. The van der Waals surface area contributed by atoms with Gasteiger partial charge in [-0.3, -0.25) is 4.79 Å². The van der Waals surface area contributed by atoms with E-state index in [0.29, 0.717) is 18.6 Å². The summed E-state index contributed by atoms with van der Waals surface area (Å²) in [4.78, 5) is 11.7. The maximum Gasteiger partial charge on any atom is 0.136 e. The predicted octanol–water partition coefficient (Wildman–Crippen LogP) is 2.07. The minimum Gasteiger partial charge on any atom is -0.385 e. The Morgan fingerprint density at radius 2 is 2.14 bits per heavy atom. The van der Waals surface area contributed by atoms with Gasteiger partial charge in [-0.15, -0.1) is 6.58 Å². The lowest BCUT2D eigenvalue weighted by Gasteiger charge is -2.44. The molecule has 2 rings (SSSR count). The second-order valence-electron chi connectivity index (χ2n) is 4.66. The van der Waals surface area contributed by atoms with Gasteiger partial charge < -0.3 is 5.11 Å². The molecule has 2 nitrogen and oxygen atoms in total. The van der Waals surface area contributed by atoms with Gasteiger partial charge in [0.05, 0.1) is 5.60 Å². The average Bonchev–Trinajstić information content (AvgIpc) is 2.24. The van der Waals surface area contributed by atoms with Crippen molar-refractivity contribution >= 4 is 5.78 Å². The SMILES string of the molecule is C=C[C@]1(O)CCC(=O)C2CCCCC21. The van der Waals surface area contributed by atoms with Gasteiger partial charge in [0.2, 0.25) is 0 Å². The topological polar surface area (TPSA) is 37.3 Å². The molecule has 1 N–H and O–H groups in total. The summed E-state index contributed by atoms with van der Waals surface area (Å²) < 4.78 is 0. The molecule has 2 aliphatic rings. The summed E-state index contributed by atoms with van der Waals surface area (Å²) in [7, 11) is 0. The van der Waals surface area contributed by atoms with Crippen molar-refractivity contribution in [1.82, 2.24) is 0 Å². The van der Waals surface area contributed by atoms with Crippen molar-refractivity contribution in [1.29, 1.82) is 0 Å². The van der Waals surface area contributed by atoms with Crippen molar-refractivity contribution in [2.24, 2.45) is 11.8 Å². The zero-order valence-corrected chi connectivity index (χ0v) is 8.54. The van der Waals surface area contributed by atoms with Gasteiger partial charge in [-0.1, -0.05) is 18.9 Å². The van der Waals surface area contributed by atoms with E-state index in [2.05, 4.69) is 6.58 Å². The molecule has 0 spiro atoms. The van der Waals surface area contributed by atoms with Gasteiger partial charge in [-0.2, -0.15) is 0 Å². The molecular weight excluding hydrogens is 176 g/mol. The normalized spacial score (nSPS) is 43.1. The zero-order chi connectivity index (χ0) is 10.2. The molecule has 2 heteroatoms. The van der Waals surface area contributed by atoms with E-state index < -0.39 is 5.60 Å². The minimum absolute atomic E-state index is 0.112. The summed E-state index contributed by atoms with van der Waals surface area (Å²) in [6.45, 7) is 3.71. The van der Waals surface area contributed by atoms with Crippen LogP contribution >= 0.6 is 0 Å². The van der Waals surface area contributed by atoms with E-state index in [9.17, 15) is 9.90 Å². The lowest BCUT2D eigenvalue weighted by molar-refractivity contribution is -0.138. The number of ketones is 1. The standard InChI is InChI=1S/C12H18O2/c1-2-12(14)8-7-11(13)9-5-3-4-6-10(9)12/h2,9-10,14H,1,3-8H2/t9?,10?,12-/m0/s1. The minimum atomic E-state index is -0.765. The fourth-order valence-electron chi connectivity index (χ4n) is 3.06. The van der Waals surface area contributed by atoms with E-state index in [-0.39, 0.29) is 11.8 Å². The molecule has 0 aliphatic heterocycles. The summed E-state index contributed by atoms with van der Waals surface area (Å²) in [5, 5.41) is 10.3. The van der Waals surface area contributed by atoms with Gasteiger partial charge in [0.1, 0.15) is 5.78 Å². The molecule has 3 atom stereocenters. The number of Topliss-reactive ketones (excluding diaryl/α,β-unsaturated/α-hetero) is 1. The first-order valence-corrected chi connectivity index (χ1v) is 5.56. The maximum atomic E-state index is 11.7. The molecule has 2 aliphatic carbocycles. The van der Waals surface area contributed by atoms with E-state index in [4.69, 9.17) is 0 Å². The van der Waals surface area contributed by atoms with E-state index in [1.54, 1.807) is 6.08 Å². The van der Waals surface area contributed by atoms with Crippen LogP contribution in [0, 0.1) is 11.8 Å². The van der Waals surface area contributed by atoms with Crippen LogP contribution in [-0.2, 0) is 4.79 Å². The summed E-state index contributed by atoms with van der Waals surface area (Å²) in [6.07, 6.45) is 7.01. The highest BCUT2D eigenvalue weighted by molar-refractivity contribution is 5.82. The van der Waals surface area contributed by atoms with E-state index in [0.717, 1.165) is 25.7 Å². The number of rotatable bonds is 1. The number of hydrogen-bond acceptors (Lipinski definition) is 2. The number of hydrogen-bond donors (Lipinski definition) is 1. The lowest BCUT2D eigenvalue weighted by Crippen LogP contribution is -2.48. The Bertz CT molecular complexity index is 259. The Labute approximate surface area is 85.0 Å². The van der Waals surface area contributed by atoms with Gasteiger partial charge in [0.15, 0.2) is 0 Å². The molecule has 0 aromatic heterocycles. The van der Waals surface area contributed by atoms with Crippen LogP contribution in [-0.4, -0.2) is 16.5 Å². The van der Waals surface area contributed by atoms with E-state index >= 15 is 0 Å². The molecule has 2 unspecified atom stereocenters. The largest absolute Gasteiger partial charge is 0.385 e. The molecular formula is C12H18O2. The second-order valence-corrected chi connectivity index (χ2v) is 4.66. The quantitative estimate of drug-likeness (QED) is 0.649. The number of fused-ring (bicyclic) bond motifs is 1. The van der Waals surface area contributed by atoms with Crippen LogP contribution in [0.3, 0.4) is 0 Å². The highest BCUT2D eigenvalue weighted by atomic mass is 16.3. The fraction of sp³-hybridized carbons (Fsp3) is 0.750. The van der Waals surface area contributed by atoms with Crippen LogP contribution in [0.25, 0.3) is 0 Å². The lowest BCUT2D eigenvalue weighted by atomic mass is 9.62. The van der Waals surface area contributed by atoms with Crippen LogP contribution < -0.4 is 0 Å². The molecule has 78 valence electrons. The van der Waals surface area contributed by atoms with Gasteiger partial charge >= 0.3 is 0 Å². The van der Waals surface area contributed by atoms with Crippen LogP contribution in [0.1, 0.15) is 38.5 Å². The molecule has 0 amide bonds. The monoisotopic (exact) mass is 194 g/mol. The van der Waals surface area contributed by atoms with Crippen LogP contribution in [0.4, 0.5) is 0 Å². The van der Waals surface area contributed by atoms with Crippen LogP contribution in [0.15, 0.2) is 12.7 Å². The molecule has 0 aromatic carbocycles. The summed E-state index contributed by atoms with van der Waals surface area (Å²) in [6, 6.07) is 0. The molecule has 0 radical (unpaired) electrons. The third-order valence-corrected chi connectivity index (χ3v) is 3.95. The first-order chi connectivity index (χ1) is 6.67. The molecule has 0 bridgehead atoms. The van der Waals surface area contributed by atoms with Gasteiger partial charge in [-0.25, -0.2) is 0 Å².